The SMILES string of the molecule is COc1cc(OC)c(C=CS(=O)(=O)Nc2ccc(OC)c(C(OC(C)=O)C(=O)O)c2)c(OC)c1. The number of methoxy groups -OCH3 is 4. The molecular weight excluding hydrogens is 470 g/mol. The number of carbonyl (C=O) groups is 2. The number of hydrogen-bond donors (Lipinski definition) is 2. The standard InChI is InChI=1S/C22H25NO10S/c1-13(24)33-21(22(25)26)17-10-14(6-7-18(17)30-3)23-34(27,28)9-8-16-19(31-4)11-15(29-2)12-20(16)32-5/h6-12,21,23H,1-5H3,(H,25,26). The number of rotatable bonds is 11. The molecule has 2 aromatic rings. The zero-order valence-electron chi connectivity index (χ0n) is 19.1. The Morgan fingerprint density at radius 2 is 1.53 bits per heavy atom. The second-order valence-corrected chi connectivity index (χ2v) is 8.25. The molecule has 0 saturated carbocycles. The first-order valence-corrected chi connectivity index (χ1v) is 11.2. The van der Waals surface area contributed by atoms with Crippen LogP contribution in [-0.4, -0.2) is 53.9 Å². The minimum atomic E-state index is -4.07. The molecule has 0 fully saturated rings. The van der Waals surface area contributed by atoms with Gasteiger partial charge in [-0.05, 0) is 24.3 Å². The summed E-state index contributed by atoms with van der Waals surface area (Å²) in [6, 6.07) is 7.07. The number of ether oxygens (including phenoxy) is 5. The summed E-state index contributed by atoms with van der Waals surface area (Å²) < 4.78 is 53.5. The van der Waals surface area contributed by atoms with Crippen molar-refractivity contribution in [2.75, 3.05) is 33.2 Å². The second-order valence-electron chi connectivity index (χ2n) is 6.68. The molecule has 0 radical (unpaired) electrons. The normalized spacial score (nSPS) is 12.0. The highest BCUT2D eigenvalue weighted by Gasteiger charge is 2.27. The van der Waals surface area contributed by atoms with E-state index in [2.05, 4.69) is 4.72 Å². The van der Waals surface area contributed by atoms with Crippen molar-refractivity contribution in [2.24, 2.45) is 0 Å². The van der Waals surface area contributed by atoms with Crippen molar-refractivity contribution < 1.29 is 46.8 Å². The predicted molar refractivity (Wildman–Crippen MR) is 123 cm³/mol. The maximum atomic E-state index is 12.7. The van der Waals surface area contributed by atoms with E-state index in [0.29, 0.717) is 22.8 Å². The third-order valence-electron chi connectivity index (χ3n) is 4.45. The van der Waals surface area contributed by atoms with Crippen molar-refractivity contribution in [3.63, 3.8) is 0 Å². The number of aliphatic carboxylic acids is 1. The van der Waals surface area contributed by atoms with Gasteiger partial charge in [-0.15, -0.1) is 0 Å². The third-order valence-corrected chi connectivity index (χ3v) is 5.46. The molecule has 0 aliphatic heterocycles. The third kappa shape index (κ3) is 6.54. The van der Waals surface area contributed by atoms with E-state index in [1.807, 2.05) is 0 Å². The Balaban J connectivity index is 2.42. The van der Waals surface area contributed by atoms with Crippen molar-refractivity contribution in [2.45, 2.75) is 13.0 Å². The van der Waals surface area contributed by atoms with Crippen molar-refractivity contribution >= 4 is 33.7 Å². The number of benzene rings is 2. The van der Waals surface area contributed by atoms with E-state index >= 15 is 0 Å². The van der Waals surface area contributed by atoms with Gasteiger partial charge in [0.05, 0.1) is 39.4 Å². The molecule has 1 unspecified atom stereocenters. The lowest BCUT2D eigenvalue weighted by atomic mass is 10.1. The summed E-state index contributed by atoms with van der Waals surface area (Å²) in [6.45, 7) is 1.06. The maximum Gasteiger partial charge on any atom is 0.349 e. The summed E-state index contributed by atoms with van der Waals surface area (Å²) in [4.78, 5) is 22.9. The monoisotopic (exact) mass is 495 g/mol. The summed E-state index contributed by atoms with van der Waals surface area (Å²) in [5, 5.41) is 10.3. The first-order valence-electron chi connectivity index (χ1n) is 9.64. The molecule has 1 atom stereocenters. The highest BCUT2D eigenvalue weighted by molar-refractivity contribution is 7.95. The number of hydrogen-bond acceptors (Lipinski definition) is 9. The Kier molecular flexibility index (Phi) is 8.73. The zero-order valence-corrected chi connectivity index (χ0v) is 20.0. The van der Waals surface area contributed by atoms with Gasteiger partial charge in [-0.2, -0.15) is 0 Å². The molecule has 184 valence electrons. The van der Waals surface area contributed by atoms with Gasteiger partial charge in [0.25, 0.3) is 10.0 Å². The van der Waals surface area contributed by atoms with Crippen LogP contribution in [0.5, 0.6) is 23.0 Å². The van der Waals surface area contributed by atoms with Crippen LogP contribution in [0.15, 0.2) is 35.7 Å². The summed E-state index contributed by atoms with van der Waals surface area (Å²) in [5.41, 5.74) is 0.327. The highest BCUT2D eigenvalue weighted by atomic mass is 32.2. The van der Waals surface area contributed by atoms with Gasteiger partial charge in [0.2, 0.25) is 6.10 Å². The number of carbonyl (C=O) groups excluding carboxylic acids is 1. The number of nitrogens with one attached hydrogen (secondary N) is 1. The largest absolute Gasteiger partial charge is 0.496 e. The number of sulfonamides is 1. The van der Waals surface area contributed by atoms with Gasteiger partial charge in [0.1, 0.15) is 23.0 Å². The molecule has 0 amide bonds. The van der Waals surface area contributed by atoms with Gasteiger partial charge in [0, 0.05) is 30.3 Å². The topological polar surface area (TPSA) is 147 Å². The predicted octanol–water partition coefficient (Wildman–Crippen LogP) is 2.82. The van der Waals surface area contributed by atoms with E-state index in [-0.39, 0.29) is 17.0 Å². The molecule has 0 saturated heterocycles. The average molecular weight is 496 g/mol. The molecule has 0 aromatic heterocycles. The molecule has 12 heteroatoms. The first-order chi connectivity index (χ1) is 16.0. The number of anilines is 1. The molecule has 0 spiro atoms. The number of esters is 1. The van der Waals surface area contributed by atoms with E-state index in [1.54, 1.807) is 12.1 Å². The van der Waals surface area contributed by atoms with Crippen molar-refractivity contribution in [3.8, 4) is 23.0 Å². The van der Waals surface area contributed by atoms with E-state index in [9.17, 15) is 23.1 Å². The van der Waals surface area contributed by atoms with Gasteiger partial charge in [0.15, 0.2) is 0 Å². The Bertz CT molecular complexity index is 1170. The average Bonchev–Trinajstić information content (AvgIpc) is 2.79. The van der Waals surface area contributed by atoms with Gasteiger partial charge in [-0.25, -0.2) is 13.2 Å². The quantitative estimate of drug-likeness (QED) is 0.446. The summed E-state index contributed by atoms with van der Waals surface area (Å²) in [6.07, 6.45) is -0.414. The van der Waals surface area contributed by atoms with E-state index in [0.717, 1.165) is 12.3 Å². The minimum Gasteiger partial charge on any atom is -0.496 e. The van der Waals surface area contributed by atoms with Crippen LogP contribution in [0.25, 0.3) is 6.08 Å². The Labute approximate surface area is 196 Å². The van der Waals surface area contributed by atoms with Crippen LogP contribution >= 0.6 is 0 Å². The second kappa shape index (κ2) is 11.3. The van der Waals surface area contributed by atoms with Crippen LogP contribution in [0.4, 0.5) is 5.69 Å². The molecular formula is C22H25NO10S. The zero-order chi connectivity index (χ0) is 25.5. The number of carboxylic acids is 1. The van der Waals surface area contributed by atoms with E-state index in [4.69, 9.17) is 23.7 Å². The summed E-state index contributed by atoms with van der Waals surface area (Å²) in [7, 11) is 1.53. The maximum absolute atomic E-state index is 12.7. The number of carboxylic acid groups (broad SMARTS) is 1. The molecule has 11 nitrogen and oxygen atoms in total. The fourth-order valence-electron chi connectivity index (χ4n) is 2.97. The smallest absolute Gasteiger partial charge is 0.349 e. The van der Waals surface area contributed by atoms with Crippen molar-refractivity contribution in [3.05, 3.63) is 46.9 Å². The minimum absolute atomic E-state index is 0.0208. The Morgan fingerprint density at radius 3 is 2.00 bits per heavy atom. The lowest BCUT2D eigenvalue weighted by Gasteiger charge is -2.17. The van der Waals surface area contributed by atoms with Crippen LogP contribution in [-0.2, 0) is 24.3 Å². The first kappa shape index (κ1) is 26.3. The Hall–Kier alpha value is -3.93. The lowest BCUT2D eigenvalue weighted by Crippen LogP contribution is -2.19. The lowest BCUT2D eigenvalue weighted by molar-refractivity contribution is -0.163. The van der Waals surface area contributed by atoms with Gasteiger partial charge in [-0.3, -0.25) is 9.52 Å². The molecule has 0 aliphatic rings. The van der Waals surface area contributed by atoms with Gasteiger partial charge >= 0.3 is 11.9 Å². The molecule has 2 aromatic carbocycles. The van der Waals surface area contributed by atoms with Gasteiger partial charge < -0.3 is 28.8 Å². The molecule has 2 N–H and O–H groups in total. The van der Waals surface area contributed by atoms with Crippen LogP contribution in [0.2, 0.25) is 0 Å². The molecule has 34 heavy (non-hydrogen) atoms. The van der Waals surface area contributed by atoms with Crippen LogP contribution in [0, 0.1) is 0 Å². The van der Waals surface area contributed by atoms with Crippen LogP contribution in [0.1, 0.15) is 24.2 Å². The van der Waals surface area contributed by atoms with Crippen LogP contribution < -0.4 is 23.7 Å². The summed E-state index contributed by atoms with van der Waals surface area (Å²) >= 11 is 0. The Morgan fingerprint density at radius 1 is 0.941 bits per heavy atom. The molecule has 0 heterocycles. The van der Waals surface area contributed by atoms with E-state index in [1.165, 1.54) is 52.7 Å². The van der Waals surface area contributed by atoms with Crippen molar-refractivity contribution in [1.29, 1.82) is 0 Å². The van der Waals surface area contributed by atoms with Gasteiger partial charge in [-0.1, -0.05) is 0 Å². The fraction of sp³-hybridized carbons (Fsp3) is 0.273. The van der Waals surface area contributed by atoms with E-state index < -0.39 is 28.1 Å². The molecule has 2 rings (SSSR count). The molecule has 0 bridgehead atoms. The fourth-order valence-corrected chi connectivity index (χ4v) is 3.81. The highest BCUT2D eigenvalue weighted by Crippen LogP contribution is 2.35. The van der Waals surface area contributed by atoms with Crippen molar-refractivity contribution in [1.82, 2.24) is 0 Å². The van der Waals surface area contributed by atoms with Crippen LogP contribution in [0.3, 0.4) is 0 Å². The summed E-state index contributed by atoms with van der Waals surface area (Å²) in [5.74, 6) is -1.09. The molecule has 0 aliphatic carbocycles.